The molecule has 2 atom stereocenters. The maximum Gasteiger partial charge on any atom is 0.0766 e. The van der Waals surface area contributed by atoms with Crippen LogP contribution >= 0.6 is 15.9 Å². The summed E-state index contributed by atoms with van der Waals surface area (Å²) in [6, 6.07) is 0.739. The van der Waals surface area contributed by atoms with Gasteiger partial charge >= 0.3 is 0 Å². The molecule has 0 bridgehead atoms. The molecule has 1 saturated carbocycles. The Morgan fingerprint density at radius 1 is 1.37 bits per heavy atom. The average Bonchev–Trinajstić information content (AvgIpc) is 2.96. The monoisotopic (exact) mass is 327 g/mol. The molecule has 0 spiro atoms. The van der Waals surface area contributed by atoms with Crippen molar-refractivity contribution in [1.29, 1.82) is 0 Å². The molecule has 19 heavy (non-hydrogen) atoms. The molecule has 1 fully saturated rings. The highest BCUT2D eigenvalue weighted by atomic mass is 79.9. The van der Waals surface area contributed by atoms with E-state index in [9.17, 15) is 0 Å². The lowest BCUT2D eigenvalue weighted by Crippen LogP contribution is -2.27. The van der Waals surface area contributed by atoms with E-state index in [4.69, 9.17) is 0 Å². The first-order valence-corrected chi connectivity index (χ1v) is 8.38. The maximum atomic E-state index is 4.59. The van der Waals surface area contributed by atoms with Crippen molar-refractivity contribution in [2.24, 2.45) is 13.0 Å². The number of hydrogen-bond donors (Lipinski definition) is 1. The van der Waals surface area contributed by atoms with Crippen LogP contribution in [0.4, 0.5) is 0 Å². The maximum absolute atomic E-state index is 4.59. The number of hydrogen-bond acceptors (Lipinski definition) is 2. The van der Waals surface area contributed by atoms with Gasteiger partial charge in [0, 0.05) is 13.1 Å². The number of nitrogens with one attached hydrogen (secondary N) is 1. The molecule has 108 valence electrons. The van der Waals surface area contributed by atoms with E-state index in [0.717, 1.165) is 31.3 Å². The van der Waals surface area contributed by atoms with Crippen molar-refractivity contribution >= 4 is 15.9 Å². The van der Waals surface area contributed by atoms with Gasteiger partial charge in [-0.3, -0.25) is 4.68 Å². The van der Waals surface area contributed by atoms with Crippen molar-refractivity contribution < 1.29 is 0 Å². The summed E-state index contributed by atoms with van der Waals surface area (Å²) in [5.74, 6) is 0.811. The molecule has 0 amide bonds. The fraction of sp³-hybridized carbons (Fsp3) is 0.800. The average molecular weight is 328 g/mol. The predicted molar refractivity (Wildman–Crippen MR) is 83.4 cm³/mol. The molecule has 1 aromatic heterocycles. The molecule has 0 aliphatic heterocycles. The summed E-state index contributed by atoms with van der Waals surface area (Å²) in [5, 5.41) is 8.25. The lowest BCUT2D eigenvalue weighted by atomic mass is 10.0. The van der Waals surface area contributed by atoms with Crippen molar-refractivity contribution in [1.82, 2.24) is 15.1 Å². The molecule has 1 N–H and O–H groups in total. The molecule has 0 saturated heterocycles. The van der Waals surface area contributed by atoms with E-state index >= 15 is 0 Å². The first kappa shape index (κ1) is 15.0. The second-order valence-electron chi connectivity index (χ2n) is 5.72. The van der Waals surface area contributed by atoms with E-state index in [1.54, 1.807) is 0 Å². The molecule has 1 heterocycles. The van der Waals surface area contributed by atoms with Gasteiger partial charge < -0.3 is 5.32 Å². The third kappa shape index (κ3) is 3.60. The van der Waals surface area contributed by atoms with Crippen molar-refractivity contribution in [2.75, 3.05) is 6.54 Å². The quantitative estimate of drug-likeness (QED) is 0.867. The molecule has 3 nitrogen and oxygen atoms in total. The van der Waals surface area contributed by atoms with Gasteiger partial charge in [-0.05, 0) is 66.9 Å². The highest BCUT2D eigenvalue weighted by Crippen LogP contribution is 2.32. The first-order valence-electron chi connectivity index (χ1n) is 7.59. The van der Waals surface area contributed by atoms with Gasteiger partial charge in [-0.25, -0.2) is 0 Å². The summed E-state index contributed by atoms with van der Waals surface area (Å²) in [7, 11) is 2.07. The van der Waals surface area contributed by atoms with Gasteiger partial charge in [0.15, 0.2) is 0 Å². The van der Waals surface area contributed by atoms with Crippen LogP contribution in [0, 0.1) is 5.92 Å². The van der Waals surface area contributed by atoms with E-state index in [-0.39, 0.29) is 0 Å². The Kier molecular flexibility index (Phi) is 5.46. The predicted octanol–water partition coefficient (Wildman–Crippen LogP) is 3.46. The summed E-state index contributed by atoms with van der Waals surface area (Å²) in [6.07, 6.45) is 7.39. The lowest BCUT2D eigenvalue weighted by molar-refractivity contribution is 0.474. The van der Waals surface area contributed by atoms with Gasteiger partial charge in [-0.2, -0.15) is 5.10 Å². The van der Waals surface area contributed by atoms with Crippen LogP contribution in [-0.4, -0.2) is 22.4 Å². The van der Waals surface area contributed by atoms with Crippen molar-refractivity contribution in [3.05, 3.63) is 15.9 Å². The molecule has 0 radical (unpaired) electrons. The SMILES string of the molecule is CCCNC1CCC(Cc2c(Br)c(CC)nn2C)C1. The van der Waals surface area contributed by atoms with Crippen LogP contribution in [0.1, 0.15) is 50.9 Å². The fourth-order valence-electron chi connectivity index (χ4n) is 3.11. The fourth-order valence-corrected chi connectivity index (χ4v) is 3.89. The van der Waals surface area contributed by atoms with Gasteiger partial charge in [0.2, 0.25) is 0 Å². The normalized spacial score (nSPS) is 23.2. The Hall–Kier alpha value is -0.350. The molecule has 1 aliphatic carbocycles. The second kappa shape index (κ2) is 6.89. The molecule has 2 rings (SSSR count). The minimum atomic E-state index is 0.739. The van der Waals surface area contributed by atoms with Crippen LogP contribution < -0.4 is 5.32 Å². The van der Waals surface area contributed by atoms with Crippen LogP contribution in [-0.2, 0) is 19.9 Å². The number of aryl methyl sites for hydroxylation is 2. The Bertz CT molecular complexity index is 414. The van der Waals surface area contributed by atoms with Gasteiger partial charge in [-0.1, -0.05) is 13.8 Å². The Morgan fingerprint density at radius 2 is 2.16 bits per heavy atom. The van der Waals surface area contributed by atoms with Gasteiger partial charge in [0.1, 0.15) is 0 Å². The lowest BCUT2D eigenvalue weighted by Gasteiger charge is -2.13. The minimum Gasteiger partial charge on any atom is -0.314 e. The van der Waals surface area contributed by atoms with Crippen LogP contribution in [0.3, 0.4) is 0 Å². The summed E-state index contributed by atoms with van der Waals surface area (Å²) >= 11 is 3.73. The van der Waals surface area contributed by atoms with Crippen LogP contribution in [0.2, 0.25) is 0 Å². The number of halogens is 1. The van der Waals surface area contributed by atoms with E-state index in [1.165, 1.54) is 41.5 Å². The Labute approximate surface area is 125 Å². The smallest absolute Gasteiger partial charge is 0.0766 e. The van der Waals surface area contributed by atoms with Crippen molar-refractivity contribution in [2.45, 2.75) is 58.4 Å². The molecule has 0 aromatic carbocycles. The van der Waals surface area contributed by atoms with Crippen LogP contribution in [0.25, 0.3) is 0 Å². The molecule has 4 heteroatoms. The van der Waals surface area contributed by atoms with Gasteiger partial charge in [-0.15, -0.1) is 0 Å². The Morgan fingerprint density at radius 3 is 2.79 bits per heavy atom. The van der Waals surface area contributed by atoms with Crippen molar-refractivity contribution in [3.63, 3.8) is 0 Å². The van der Waals surface area contributed by atoms with Gasteiger partial charge in [0.05, 0.1) is 15.9 Å². The van der Waals surface area contributed by atoms with E-state index in [1.807, 2.05) is 0 Å². The second-order valence-corrected chi connectivity index (χ2v) is 6.51. The molecule has 2 unspecified atom stereocenters. The van der Waals surface area contributed by atoms with Crippen molar-refractivity contribution in [3.8, 4) is 0 Å². The standard InChI is InChI=1S/C15H26BrN3/c1-4-8-17-12-7-6-11(9-12)10-14-15(16)13(5-2)18-19(14)3/h11-12,17H,4-10H2,1-3H3. The highest BCUT2D eigenvalue weighted by molar-refractivity contribution is 9.10. The highest BCUT2D eigenvalue weighted by Gasteiger charge is 2.26. The third-order valence-electron chi connectivity index (χ3n) is 4.21. The number of nitrogens with zero attached hydrogens (tertiary/aromatic N) is 2. The molecule has 1 aromatic rings. The number of aromatic nitrogens is 2. The van der Waals surface area contributed by atoms with Crippen LogP contribution in [0.5, 0.6) is 0 Å². The van der Waals surface area contributed by atoms with E-state index in [2.05, 4.69) is 51.9 Å². The zero-order chi connectivity index (χ0) is 13.8. The third-order valence-corrected chi connectivity index (χ3v) is 5.12. The number of rotatable bonds is 6. The van der Waals surface area contributed by atoms with E-state index < -0.39 is 0 Å². The zero-order valence-electron chi connectivity index (χ0n) is 12.4. The molecular formula is C15H26BrN3. The summed E-state index contributed by atoms with van der Waals surface area (Å²) in [6.45, 7) is 5.56. The summed E-state index contributed by atoms with van der Waals surface area (Å²) < 4.78 is 3.30. The van der Waals surface area contributed by atoms with Gasteiger partial charge in [0.25, 0.3) is 0 Å². The summed E-state index contributed by atoms with van der Waals surface area (Å²) in [4.78, 5) is 0. The topological polar surface area (TPSA) is 29.9 Å². The largest absolute Gasteiger partial charge is 0.314 e. The zero-order valence-corrected chi connectivity index (χ0v) is 14.0. The van der Waals surface area contributed by atoms with Crippen LogP contribution in [0.15, 0.2) is 4.47 Å². The van der Waals surface area contributed by atoms with E-state index in [0.29, 0.717) is 0 Å². The molecular weight excluding hydrogens is 302 g/mol. The minimum absolute atomic E-state index is 0.739. The molecule has 1 aliphatic rings. The summed E-state index contributed by atoms with van der Waals surface area (Å²) in [5.41, 5.74) is 2.56. The Balaban J connectivity index is 1.94. The first-order chi connectivity index (χ1) is 9.15.